The van der Waals surface area contributed by atoms with Gasteiger partial charge in [-0.2, -0.15) is 11.8 Å². The normalized spacial score (nSPS) is 11.6. The van der Waals surface area contributed by atoms with Gasteiger partial charge in [0.2, 0.25) is 0 Å². The van der Waals surface area contributed by atoms with Crippen LogP contribution in [0, 0.1) is 0 Å². The van der Waals surface area contributed by atoms with Crippen molar-refractivity contribution >= 4 is 33.8 Å². The van der Waals surface area contributed by atoms with Crippen molar-refractivity contribution in [1.82, 2.24) is 19.5 Å². The molecule has 3 rings (SSSR count). The summed E-state index contributed by atoms with van der Waals surface area (Å²) in [7, 11) is 0. The second-order valence-corrected chi connectivity index (χ2v) is 4.82. The Kier molecular flexibility index (Phi) is 2.44. The molecule has 5 nitrogen and oxygen atoms in total. The van der Waals surface area contributed by atoms with E-state index in [1.54, 1.807) is 22.5 Å². The van der Waals surface area contributed by atoms with Crippen LogP contribution in [0.5, 0.6) is 0 Å². The highest BCUT2D eigenvalue weighted by atomic mass is 32.2. The van der Waals surface area contributed by atoms with Gasteiger partial charge in [0.15, 0.2) is 0 Å². The monoisotopic (exact) mass is 248 g/mol. The van der Waals surface area contributed by atoms with Crippen LogP contribution in [0.4, 0.5) is 0 Å². The molecule has 0 aliphatic carbocycles. The summed E-state index contributed by atoms with van der Waals surface area (Å²) >= 11 is 1.73. The second kappa shape index (κ2) is 3.96. The maximum atomic E-state index is 11.9. The van der Waals surface area contributed by atoms with E-state index in [2.05, 4.69) is 15.0 Å². The summed E-state index contributed by atoms with van der Waals surface area (Å²) in [5.41, 5.74) is 2.48. The number of hydrogen-bond donors (Lipinski definition) is 2. The van der Waals surface area contributed by atoms with Crippen LogP contribution in [0.15, 0.2) is 23.3 Å². The van der Waals surface area contributed by atoms with Gasteiger partial charge in [-0.1, -0.05) is 0 Å². The van der Waals surface area contributed by atoms with Crippen LogP contribution in [-0.2, 0) is 6.54 Å². The van der Waals surface area contributed by atoms with Crippen LogP contribution in [0.1, 0.15) is 0 Å². The fraction of sp³-hybridized carbons (Fsp3) is 0.273. The molecule has 88 valence electrons. The van der Waals surface area contributed by atoms with Crippen molar-refractivity contribution in [2.75, 3.05) is 12.0 Å². The number of aromatic nitrogens is 4. The number of aromatic amines is 2. The fourth-order valence-electron chi connectivity index (χ4n) is 2.06. The quantitative estimate of drug-likeness (QED) is 0.739. The maximum absolute atomic E-state index is 11.9. The standard InChI is InChI=1S/C11H12N4OS/c1-17-5-4-15-9-7-2-3-12-10(7)13-6-8(9)14-11(15)16/h2-3,6H,4-5H2,1H3,(H,12,13)(H,14,16). The van der Waals surface area contributed by atoms with Crippen LogP contribution >= 0.6 is 11.8 Å². The Labute approximate surface area is 101 Å². The molecular formula is C11H12N4OS. The summed E-state index contributed by atoms with van der Waals surface area (Å²) < 4.78 is 1.78. The minimum Gasteiger partial charge on any atom is -0.346 e. The Balaban J connectivity index is 2.34. The molecule has 3 aromatic rings. The SMILES string of the molecule is CSCCn1c(=O)[nH]c2cnc3[nH]ccc3c21. The zero-order valence-electron chi connectivity index (χ0n) is 9.36. The molecule has 17 heavy (non-hydrogen) atoms. The molecule has 0 fully saturated rings. The van der Waals surface area contributed by atoms with Gasteiger partial charge in [0.05, 0.1) is 17.2 Å². The molecule has 0 radical (unpaired) electrons. The van der Waals surface area contributed by atoms with E-state index in [-0.39, 0.29) is 5.69 Å². The highest BCUT2D eigenvalue weighted by Gasteiger charge is 2.11. The molecule has 0 aromatic carbocycles. The number of nitrogens with one attached hydrogen (secondary N) is 2. The van der Waals surface area contributed by atoms with Gasteiger partial charge in [-0.15, -0.1) is 0 Å². The van der Waals surface area contributed by atoms with E-state index in [1.165, 1.54) is 0 Å². The number of nitrogens with zero attached hydrogens (tertiary/aromatic N) is 2. The van der Waals surface area contributed by atoms with Gasteiger partial charge in [0.1, 0.15) is 5.65 Å². The van der Waals surface area contributed by atoms with Crippen LogP contribution in [0.25, 0.3) is 22.1 Å². The van der Waals surface area contributed by atoms with Crippen molar-refractivity contribution in [1.29, 1.82) is 0 Å². The van der Waals surface area contributed by atoms with Gasteiger partial charge >= 0.3 is 5.69 Å². The molecule has 0 atom stereocenters. The molecule has 0 saturated heterocycles. The lowest BCUT2D eigenvalue weighted by molar-refractivity contribution is 0.764. The number of hydrogen-bond acceptors (Lipinski definition) is 3. The predicted molar refractivity (Wildman–Crippen MR) is 70.6 cm³/mol. The average molecular weight is 248 g/mol. The lowest BCUT2D eigenvalue weighted by atomic mass is 10.3. The first-order valence-electron chi connectivity index (χ1n) is 5.35. The molecule has 0 aliphatic rings. The van der Waals surface area contributed by atoms with Gasteiger partial charge in [-0.05, 0) is 12.3 Å². The highest BCUT2D eigenvalue weighted by Crippen LogP contribution is 2.20. The van der Waals surface area contributed by atoms with Crippen molar-refractivity contribution in [3.63, 3.8) is 0 Å². The molecule has 2 N–H and O–H groups in total. The third-order valence-electron chi connectivity index (χ3n) is 2.83. The first-order valence-corrected chi connectivity index (χ1v) is 6.74. The van der Waals surface area contributed by atoms with Crippen LogP contribution in [-0.4, -0.2) is 31.5 Å². The largest absolute Gasteiger partial charge is 0.346 e. The Morgan fingerprint density at radius 1 is 1.53 bits per heavy atom. The Morgan fingerprint density at radius 2 is 2.41 bits per heavy atom. The minimum absolute atomic E-state index is 0.0652. The molecule has 0 bridgehead atoms. The first kappa shape index (κ1) is 10.5. The summed E-state index contributed by atoms with van der Waals surface area (Å²) in [6.07, 6.45) is 5.58. The van der Waals surface area contributed by atoms with Crippen molar-refractivity contribution in [2.24, 2.45) is 0 Å². The minimum atomic E-state index is -0.0652. The van der Waals surface area contributed by atoms with E-state index in [0.717, 1.165) is 27.8 Å². The van der Waals surface area contributed by atoms with Gasteiger partial charge < -0.3 is 9.97 Å². The zero-order valence-corrected chi connectivity index (χ0v) is 10.2. The zero-order chi connectivity index (χ0) is 11.8. The highest BCUT2D eigenvalue weighted by molar-refractivity contribution is 7.98. The van der Waals surface area contributed by atoms with Gasteiger partial charge in [-0.25, -0.2) is 9.78 Å². The molecule has 0 amide bonds. The van der Waals surface area contributed by atoms with Crippen LogP contribution in [0.2, 0.25) is 0 Å². The predicted octanol–water partition coefficient (Wildman–Crippen LogP) is 1.57. The summed E-state index contributed by atoms with van der Waals surface area (Å²) in [5.74, 6) is 0.918. The summed E-state index contributed by atoms with van der Waals surface area (Å²) in [4.78, 5) is 22.0. The molecule has 3 heterocycles. The van der Waals surface area contributed by atoms with Crippen molar-refractivity contribution in [3.8, 4) is 0 Å². The summed E-state index contributed by atoms with van der Waals surface area (Å²) in [6, 6.07) is 1.95. The van der Waals surface area contributed by atoms with E-state index in [9.17, 15) is 4.79 Å². The maximum Gasteiger partial charge on any atom is 0.326 e. The number of pyridine rings is 1. The number of fused-ring (bicyclic) bond motifs is 3. The number of H-pyrrole nitrogens is 2. The lowest BCUT2D eigenvalue weighted by Crippen LogP contribution is -2.17. The Bertz CT molecular complexity index is 724. The number of aryl methyl sites for hydroxylation is 1. The van der Waals surface area contributed by atoms with E-state index >= 15 is 0 Å². The van der Waals surface area contributed by atoms with Crippen LogP contribution < -0.4 is 5.69 Å². The number of thioether (sulfide) groups is 1. The van der Waals surface area contributed by atoms with E-state index in [1.807, 2.05) is 18.5 Å². The Hall–Kier alpha value is -1.69. The smallest absolute Gasteiger partial charge is 0.326 e. The molecule has 0 spiro atoms. The first-order chi connectivity index (χ1) is 8.31. The van der Waals surface area contributed by atoms with Gasteiger partial charge in [-0.3, -0.25) is 4.57 Å². The van der Waals surface area contributed by atoms with Crippen molar-refractivity contribution in [2.45, 2.75) is 6.54 Å². The molecule has 3 aromatic heterocycles. The Morgan fingerprint density at radius 3 is 3.24 bits per heavy atom. The van der Waals surface area contributed by atoms with Crippen molar-refractivity contribution in [3.05, 3.63) is 28.9 Å². The van der Waals surface area contributed by atoms with Crippen molar-refractivity contribution < 1.29 is 0 Å². The molecule has 6 heteroatoms. The third-order valence-corrected chi connectivity index (χ3v) is 3.42. The summed E-state index contributed by atoms with van der Waals surface area (Å²) in [5, 5.41) is 0.988. The topological polar surface area (TPSA) is 66.5 Å². The third kappa shape index (κ3) is 1.56. The molecule has 0 saturated carbocycles. The van der Waals surface area contributed by atoms with Gasteiger partial charge in [0.25, 0.3) is 0 Å². The van der Waals surface area contributed by atoms with E-state index in [0.29, 0.717) is 6.54 Å². The number of imidazole rings is 1. The summed E-state index contributed by atoms with van der Waals surface area (Å²) in [6.45, 7) is 0.713. The molecule has 0 aliphatic heterocycles. The van der Waals surface area contributed by atoms with E-state index in [4.69, 9.17) is 0 Å². The second-order valence-electron chi connectivity index (χ2n) is 3.84. The molecular weight excluding hydrogens is 236 g/mol. The lowest BCUT2D eigenvalue weighted by Gasteiger charge is -2.02. The fourth-order valence-corrected chi connectivity index (χ4v) is 2.42. The van der Waals surface area contributed by atoms with Gasteiger partial charge in [0, 0.05) is 23.9 Å². The van der Waals surface area contributed by atoms with E-state index < -0.39 is 0 Å². The molecule has 0 unspecified atom stereocenters. The van der Waals surface area contributed by atoms with Crippen LogP contribution in [0.3, 0.4) is 0 Å². The average Bonchev–Trinajstić information content (AvgIpc) is 2.89. The number of rotatable bonds is 3.